The molecule has 4 heteroatoms. The van der Waals surface area contributed by atoms with E-state index in [9.17, 15) is 0 Å². The molecule has 0 atom stereocenters. The van der Waals surface area contributed by atoms with Crippen LogP contribution in [0, 0.1) is 0 Å². The minimum absolute atomic E-state index is 1.23. The van der Waals surface area contributed by atoms with Gasteiger partial charge in [-0.3, -0.25) is 0 Å². The van der Waals surface area contributed by atoms with E-state index in [0.29, 0.717) is 0 Å². The zero-order valence-corrected chi connectivity index (χ0v) is 51.5. The first-order valence-electron chi connectivity index (χ1n) is 32.3. The second kappa shape index (κ2) is 34.8. The van der Waals surface area contributed by atoms with E-state index >= 15 is 0 Å². The van der Waals surface area contributed by atoms with Crippen LogP contribution in [0.1, 0.15) is 304 Å². The van der Waals surface area contributed by atoms with Crippen LogP contribution in [0.2, 0.25) is 0 Å². The van der Waals surface area contributed by atoms with Crippen LogP contribution in [-0.4, -0.2) is 0 Å². The van der Waals surface area contributed by atoms with Crippen molar-refractivity contribution in [1.29, 1.82) is 0 Å². The van der Waals surface area contributed by atoms with E-state index < -0.39 is 0 Å². The van der Waals surface area contributed by atoms with Gasteiger partial charge in [-0.05, 0) is 87.8 Å². The summed E-state index contributed by atoms with van der Waals surface area (Å²) in [6, 6.07) is 16.1. The zero-order valence-electron chi connectivity index (χ0n) is 48.2. The highest BCUT2D eigenvalue weighted by Crippen LogP contribution is 2.49. The number of aryl methyl sites for hydroxylation is 4. The zero-order chi connectivity index (χ0) is 51.4. The molecule has 0 spiro atoms. The Morgan fingerprint density at radius 2 is 0.338 bits per heavy atom. The quantitative estimate of drug-likeness (QED) is 0.0264. The Morgan fingerprint density at radius 3 is 0.514 bits per heavy atom. The summed E-state index contributed by atoms with van der Waals surface area (Å²) in [6.07, 6.45) is 61.1. The first-order valence-corrected chi connectivity index (χ1v) is 35.6. The maximum atomic E-state index is 2.72. The molecule has 4 aromatic heterocycles. The first-order chi connectivity index (χ1) is 36.6. The van der Waals surface area contributed by atoms with Crippen molar-refractivity contribution in [3.05, 3.63) is 55.9 Å². The molecule has 0 N–H and O–H groups in total. The normalized spacial score (nSPS) is 12.3. The smallest absolute Gasteiger partial charge is 0.0431 e. The van der Waals surface area contributed by atoms with Crippen molar-refractivity contribution in [2.75, 3.05) is 0 Å². The Hall–Kier alpha value is -1.98. The van der Waals surface area contributed by atoms with Crippen LogP contribution in [0.25, 0.3) is 61.9 Å². The van der Waals surface area contributed by atoms with Crippen molar-refractivity contribution in [2.45, 2.75) is 310 Å². The van der Waals surface area contributed by atoms with Crippen molar-refractivity contribution >= 4 is 107 Å². The second-order valence-electron chi connectivity index (χ2n) is 23.5. The Labute approximate surface area is 470 Å². The van der Waals surface area contributed by atoms with E-state index in [0.717, 1.165) is 0 Å². The molecule has 0 unspecified atom stereocenters. The van der Waals surface area contributed by atoms with Gasteiger partial charge in [0.25, 0.3) is 0 Å². The number of thiophene rings is 4. The lowest BCUT2D eigenvalue weighted by atomic mass is 9.97. The van der Waals surface area contributed by atoms with Crippen LogP contribution in [0.4, 0.5) is 0 Å². The minimum Gasteiger partial charge on any atom is -0.140 e. The van der Waals surface area contributed by atoms with Gasteiger partial charge in [-0.2, -0.15) is 0 Å². The summed E-state index contributed by atoms with van der Waals surface area (Å²) >= 11 is 8.59. The second-order valence-corrected chi connectivity index (χ2v) is 28.0. The average Bonchev–Trinajstić information content (AvgIpc) is 4.24. The Bertz CT molecular complexity index is 2250. The molecule has 0 fully saturated rings. The van der Waals surface area contributed by atoms with E-state index in [1.165, 1.54) is 304 Å². The summed E-state index contributed by atoms with van der Waals surface area (Å²) < 4.78 is 6.23. The SMILES string of the molecule is CCCCCCCCCCCCc1cc2c3cc(CCCCCCCCCCCC)sc3c3cc4c(cc3c2s1)c1sc(CCCCCCCCCCCC)cc1c1cc(CCCCCCCCCCCC)sc14. The van der Waals surface area contributed by atoms with Crippen LogP contribution in [0.3, 0.4) is 0 Å². The summed E-state index contributed by atoms with van der Waals surface area (Å²) in [7, 11) is 0. The van der Waals surface area contributed by atoms with Crippen molar-refractivity contribution in [3.8, 4) is 0 Å². The number of fused-ring (bicyclic) bond motifs is 12. The highest BCUT2D eigenvalue weighted by atomic mass is 32.1. The average molecular weight is 1080 g/mol. The van der Waals surface area contributed by atoms with E-state index in [4.69, 9.17) is 0 Å². The lowest BCUT2D eigenvalue weighted by Crippen LogP contribution is -1.84. The standard InChI is InChI=1S/C70H106S4/c1-5-9-13-17-21-25-29-33-37-41-45-55-49-59-60-50-56(46-42-38-34-30-26-22-18-14-10-6-2)72-68(60)64-54-66-65(53-63(64)67(59)71-55)69-61(51-57(73-69)47-43-39-35-31-27-23-19-15-11-7-3)62-52-58(74-70(62)66)48-44-40-36-32-28-24-20-16-12-8-4/h49-54H,5-48H2,1-4H3. The van der Waals surface area contributed by atoms with Crippen LogP contribution in [0.5, 0.6) is 0 Å². The van der Waals surface area contributed by atoms with Gasteiger partial charge in [0.15, 0.2) is 0 Å². The van der Waals surface area contributed by atoms with Gasteiger partial charge in [0.05, 0.1) is 0 Å². The third-order valence-electron chi connectivity index (χ3n) is 17.0. The first kappa shape index (κ1) is 59.7. The predicted octanol–water partition coefficient (Wildman–Crippen LogP) is 26.7. The number of rotatable bonds is 44. The summed E-state index contributed by atoms with van der Waals surface area (Å²) in [5.74, 6) is 0. The van der Waals surface area contributed by atoms with Crippen molar-refractivity contribution in [2.24, 2.45) is 0 Å². The summed E-state index contributed by atoms with van der Waals surface area (Å²) in [4.78, 5) is 6.45. The molecule has 0 aliphatic carbocycles. The number of unbranched alkanes of at least 4 members (excludes halogenated alkanes) is 36. The van der Waals surface area contributed by atoms with Crippen molar-refractivity contribution in [1.82, 2.24) is 0 Å². The molecular formula is C70H106S4. The Balaban J connectivity index is 1.15. The summed E-state index contributed by atoms with van der Waals surface area (Å²) in [5.41, 5.74) is 0. The van der Waals surface area contributed by atoms with E-state index in [2.05, 4.69) is 109 Å². The lowest BCUT2D eigenvalue weighted by Gasteiger charge is -2.09. The molecule has 0 aliphatic heterocycles. The molecule has 0 nitrogen and oxygen atoms in total. The largest absolute Gasteiger partial charge is 0.140 e. The number of benzene rings is 3. The van der Waals surface area contributed by atoms with E-state index in [1.54, 1.807) is 59.9 Å². The van der Waals surface area contributed by atoms with Gasteiger partial charge in [-0.25, -0.2) is 0 Å². The highest BCUT2D eigenvalue weighted by Gasteiger charge is 2.21. The number of hydrogen-bond acceptors (Lipinski definition) is 4. The summed E-state index contributed by atoms with van der Waals surface area (Å²) in [6.45, 7) is 9.31. The maximum Gasteiger partial charge on any atom is 0.0431 e. The summed E-state index contributed by atoms with van der Waals surface area (Å²) in [5, 5.41) is 12.3. The monoisotopic (exact) mass is 1070 g/mol. The minimum atomic E-state index is 1.23. The van der Waals surface area contributed by atoms with E-state index in [-0.39, 0.29) is 0 Å². The van der Waals surface area contributed by atoms with Crippen molar-refractivity contribution < 1.29 is 0 Å². The third-order valence-corrected chi connectivity index (χ3v) is 21.9. The van der Waals surface area contributed by atoms with Crippen LogP contribution in [0.15, 0.2) is 36.4 Å². The van der Waals surface area contributed by atoms with Gasteiger partial charge in [0.1, 0.15) is 0 Å². The predicted molar refractivity (Wildman–Crippen MR) is 345 cm³/mol. The third kappa shape index (κ3) is 18.6. The molecule has 74 heavy (non-hydrogen) atoms. The van der Waals surface area contributed by atoms with Crippen LogP contribution >= 0.6 is 45.3 Å². The Kier molecular flexibility index (Phi) is 28.1. The molecule has 410 valence electrons. The fraction of sp³-hybridized carbons (Fsp3) is 0.686. The van der Waals surface area contributed by atoms with Gasteiger partial charge >= 0.3 is 0 Å². The molecule has 0 saturated heterocycles. The molecule has 0 amide bonds. The van der Waals surface area contributed by atoms with Gasteiger partial charge < -0.3 is 0 Å². The van der Waals surface area contributed by atoms with Crippen molar-refractivity contribution in [3.63, 3.8) is 0 Å². The molecule has 3 aromatic carbocycles. The maximum absolute atomic E-state index is 2.72. The van der Waals surface area contributed by atoms with Gasteiger partial charge in [-0.15, -0.1) is 45.3 Å². The fourth-order valence-corrected chi connectivity index (χ4v) is 17.3. The van der Waals surface area contributed by atoms with Crippen LogP contribution < -0.4 is 0 Å². The molecule has 7 aromatic rings. The lowest BCUT2D eigenvalue weighted by molar-refractivity contribution is 0.557. The molecule has 0 bridgehead atoms. The van der Waals surface area contributed by atoms with Gasteiger partial charge in [0, 0.05) is 81.4 Å². The molecule has 0 saturated carbocycles. The molecular weight excluding hydrogens is 969 g/mol. The highest BCUT2D eigenvalue weighted by molar-refractivity contribution is 7.23. The molecule has 7 rings (SSSR count). The molecule has 0 radical (unpaired) electrons. The van der Waals surface area contributed by atoms with Crippen LogP contribution in [-0.2, 0) is 25.7 Å². The topological polar surface area (TPSA) is 0 Å². The molecule has 0 aliphatic rings. The Morgan fingerprint density at radius 1 is 0.189 bits per heavy atom. The van der Waals surface area contributed by atoms with E-state index in [1.807, 2.05) is 0 Å². The fourth-order valence-electron chi connectivity index (χ4n) is 12.4. The molecule has 4 heterocycles. The van der Waals surface area contributed by atoms with Gasteiger partial charge in [0.2, 0.25) is 0 Å². The number of hydrogen-bond donors (Lipinski definition) is 0. The van der Waals surface area contributed by atoms with Gasteiger partial charge in [-0.1, -0.05) is 259 Å².